The highest BCUT2D eigenvalue weighted by Crippen LogP contribution is 2.18. The van der Waals surface area contributed by atoms with Crippen molar-refractivity contribution in [1.82, 2.24) is 0 Å². The Morgan fingerprint density at radius 1 is 0.679 bits per heavy atom. The fraction of sp³-hybridized carbons (Fsp3) is 0.708. The molecule has 4 heteroatoms. The first kappa shape index (κ1) is 24.8. The minimum Gasteiger partial charge on any atom is -0.494 e. The second-order valence-corrected chi connectivity index (χ2v) is 7.98. The first-order valence-corrected chi connectivity index (χ1v) is 11.6. The van der Waals surface area contributed by atoms with Crippen LogP contribution in [0.15, 0.2) is 24.3 Å². The summed E-state index contributed by atoms with van der Waals surface area (Å²) in [4.78, 5) is 10.7. The van der Waals surface area contributed by atoms with E-state index in [4.69, 9.17) is 21.1 Å². The summed E-state index contributed by atoms with van der Waals surface area (Å²) in [6.07, 6.45) is 19.1. The van der Waals surface area contributed by atoms with Crippen molar-refractivity contribution in [2.45, 2.75) is 96.8 Å². The van der Waals surface area contributed by atoms with Gasteiger partial charge in [0.1, 0.15) is 11.5 Å². The first-order chi connectivity index (χ1) is 13.7. The topological polar surface area (TPSA) is 35.5 Å². The number of hydrogen-bond donors (Lipinski definition) is 0. The van der Waals surface area contributed by atoms with Gasteiger partial charge in [-0.1, -0.05) is 90.4 Å². The van der Waals surface area contributed by atoms with Gasteiger partial charge in [0, 0.05) is 0 Å². The van der Waals surface area contributed by atoms with E-state index < -0.39 is 5.24 Å². The van der Waals surface area contributed by atoms with Gasteiger partial charge in [0.05, 0.1) is 6.61 Å². The molecule has 0 spiro atoms. The molecular formula is C24H39ClO3. The lowest BCUT2D eigenvalue weighted by Gasteiger charge is -2.08. The second kappa shape index (κ2) is 17.8. The van der Waals surface area contributed by atoms with Crippen molar-refractivity contribution in [2.24, 2.45) is 0 Å². The molecule has 0 N–H and O–H groups in total. The van der Waals surface area contributed by atoms with Crippen LogP contribution in [0.4, 0.5) is 0 Å². The van der Waals surface area contributed by atoms with Crippen LogP contribution in [0.3, 0.4) is 0 Å². The summed E-state index contributed by atoms with van der Waals surface area (Å²) in [5.74, 6) is 1.46. The van der Waals surface area contributed by atoms with Crippen LogP contribution < -0.4 is 9.47 Å². The molecule has 28 heavy (non-hydrogen) atoms. The van der Waals surface area contributed by atoms with E-state index in [1.54, 1.807) is 12.1 Å². The molecular weight excluding hydrogens is 372 g/mol. The largest absolute Gasteiger partial charge is 0.494 e. The number of ether oxygens (including phenoxy) is 2. The molecule has 0 fully saturated rings. The predicted octanol–water partition coefficient (Wildman–Crippen LogP) is 7.69. The first-order valence-electron chi connectivity index (χ1n) is 11.3. The molecule has 0 bridgehead atoms. The van der Waals surface area contributed by atoms with E-state index in [2.05, 4.69) is 6.92 Å². The summed E-state index contributed by atoms with van der Waals surface area (Å²) in [7, 11) is 0. The van der Waals surface area contributed by atoms with Gasteiger partial charge in [-0.2, -0.15) is 0 Å². The minimum atomic E-state index is -0.502. The third-order valence-electron chi connectivity index (χ3n) is 4.94. The summed E-state index contributed by atoms with van der Waals surface area (Å²) in [6, 6.07) is 7.30. The molecule has 0 aliphatic heterocycles. The zero-order valence-corrected chi connectivity index (χ0v) is 18.5. The Bertz CT molecular complexity index is 487. The number of carbonyl (C=O) groups excluding carboxylic acids is 1. The van der Waals surface area contributed by atoms with Gasteiger partial charge in [0.15, 0.2) is 6.61 Å². The Hall–Kier alpha value is -1.22. The van der Waals surface area contributed by atoms with Crippen molar-refractivity contribution in [2.75, 3.05) is 13.2 Å². The van der Waals surface area contributed by atoms with E-state index >= 15 is 0 Å². The lowest BCUT2D eigenvalue weighted by atomic mass is 10.0. The van der Waals surface area contributed by atoms with Gasteiger partial charge in [0.25, 0.3) is 5.24 Å². The number of benzene rings is 1. The molecule has 0 saturated carbocycles. The van der Waals surface area contributed by atoms with Crippen LogP contribution in [0.2, 0.25) is 0 Å². The summed E-state index contributed by atoms with van der Waals surface area (Å²) in [5, 5.41) is -0.502. The van der Waals surface area contributed by atoms with E-state index in [9.17, 15) is 4.79 Å². The van der Waals surface area contributed by atoms with Gasteiger partial charge in [-0.3, -0.25) is 4.79 Å². The Morgan fingerprint density at radius 3 is 1.50 bits per heavy atom. The monoisotopic (exact) mass is 410 g/mol. The van der Waals surface area contributed by atoms with Crippen LogP contribution in [-0.2, 0) is 4.79 Å². The molecule has 1 aromatic rings. The van der Waals surface area contributed by atoms with E-state index in [1.807, 2.05) is 12.1 Å². The van der Waals surface area contributed by atoms with Crippen LogP contribution in [0, 0.1) is 0 Å². The number of carbonyl (C=O) groups is 1. The van der Waals surface area contributed by atoms with E-state index in [1.165, 1.54) is 83.5 Å². The third-order valence-corrected chi connectivity index (χ3v) is 5.05. The molecule has 0 amide bonds. The molecule has 0 heterocycles. The highest BCUT2D eigenvalue weighted by Gasteiger charge is 2.00. The van der Waals surface area contributed by atoms with Crippen LogP contribution in [-0.4, -0.2) is 18.5 Å². The van der Waals surface area contributed by atoms with Crippen LogP contribution in [0.5, 0.6) is 11.5 Å². The van der Waals surface area contributed by atoms with Crippen molar-refractivity contribution in [3.05, 3.63) is 24.3 Å². The second-order valence-electron chi connectivity index (χ2n) is 7.56. The van der Waals surface area contributed by atoms with Crippen molar-refractivity contribution in [1.29, 1.82) is 0 Å². The Morgan fingerprint density at radius 2 is 1.07 bits per heavy atom. The highest BCUT2D eigenvalue weighted by molar-refractivity contribution is 6.63. The summed E-state index contributed by atoms with van der Waals surface area (Å²) in [5.41, 5.74) is 0. The van der Waals surface area contributed by atoms with Crippen molar-refractivity contribution < 1.29 is 14.3 Å². The predicted molar refractivity (Wildman–Crippen MR) is 119 cm³/mol. The molecule has 0 radical (unpaired) electrons. The van der Waals surface area contributed by atoms with Gasteiger partial charge in [-0.15, -0.1) is 0 Å². The highest BCUT2D eigenvalue weighted by atomic mass is 35.5. The zero-order valence-electron chi connectivity index (χ0n) is 17.7. The summed E-state index contributed by atoms with van der Waals surface area (Å²) < 4.78 is 11.0. The standard InChI is InChI=1S/C24H39ClO3/c1-2-3-4-5-6-7-8-9-10-11-12-13-14-15-20-27-22-16-18-23(19-17-22)28-21-24(25)26/h16-19H,2-15,20-21H2,1H3. The Labute approximate surface area is 177 Å². The van der Waals surface area contributed by atoms with Gasteiger partial charge in [-0.05, 0) is 42.3 Å². The van der Waals surface area contributed by atoms with Gasteiger partial charge < -0.3 is 9.47 Å². The molecule has 160 valence electrons. The van der Waals surface area contributed by atoms with Gasteiger partial charge in [0.2, 0.25) is 0 Å². The fourth-order valence-corrected chi connectivity index (χ4v) is 3.31. The number of rotatable bonds is 19. The third kappa shape index (κ3) is 14.8. The van der Waals surface area contributed by atoms with Gasteiger partial charge in [-0.25, -0.2) is 0 Å². The maximum Gasteiger partial charge on any atom is 0.259 e. The SMILES string of the molecule is CCCCCCCCCCCCCCCCOc1ccc(OCC(=O)Cl)cc1. The number of hydrogen-bond acceptors (Lipinski definition) is 3. The molecule has 0 aliphatic rings. The maximum atomic E-state index is 10.7. The molecule has 0 atom stereocenters. The van der Waals surface area contributed by atoms with Crippen molar-refractivity contribution >= 4 is 16.8 Å². The average molecular weight is 411 g/mol. The molecule has 0 aromatic heterocycles. The van der Waals surface area contributed by atoms with Crippen LogP contribution >= 0.6 is 11.6 Å². The quantitative estimate of drug-likeness (QED) is 0.173. The zero-order chi connectivity index (χ0) is 20.3. The summed E-state index contributed by atoms with van der Waals surface area (Å²) in [6.45, 7) is 2.91. The lowest BCUT2D eigenvalue weighted by molar-refractivity contribution is -0.113. The molecule has 1 aromatic carbocycles. The molecule has 1 rings (SSSR count). The molecule has 3 nitrogen and oxygen atoms in total. The molecule has 0 unspecified atom stereocenters. The summed E-state index contributed by atoms with van der Waals surface area (Å²) >= 11 is 5.25. The lowest BCUT2D eigenvalue weighted by Crippen LogP contribution is -2.04. The molecule has 0 aliphatic carbocycles. The number of unbranched alkanes of at least 4 members (excludes halogenated alkanes) is 13. The van der Waals surface area contributed by atoms with E-state index in [0.717, 1.165) is 18.8 Å². The van der Waals surface area contributed by atoms with E-state index in [-0.39, 0.29) is 6.61 Å². The van der Waals surface area contributed by atoms with Crippen LogP contribution in [0.1, 0.15) is 96.8 Å². The average Bonchev–Trinajstić information content (AvgIpc) is 2.70. The Kier molecular flexibility index (Phi) is 15.8. The van der Waals surface area contributed by atoms with Crippen LogP contribution in [0.25, 0.3) is 0 Å². The van der Waals surface area contributed by atoms with Crippen molar-refractivity contribution in [3.63, 3.8) is 0 Å². The number of halogens is 1. The smallest absolute Gasteiger partial charge is 0.259 e. The fourth-order valence-electron chi connectivity index (χ4n) is 3.26. The normalized spacial score (nSPS) is 10.8. The Balaban J connectivity index is 1.85. The van der Waals surface area contributed by atoms with E-state index in [0.29, 0.717) is 5.75 Å². The maximum absolute atomic E-state index is 10.7. The van der Waals surface area contributed by atoms with Gasteiger partial charge >= 0.3 is 0 Å². The minimum absolute atomic E-state index is 0.110. The molecule has 0 saturated heterocycles. The van der Waals surface area contributed by atoms with Crippen molar-refractivity contribution in [3.8, 4) is 11.5 Å².